The van der Waals surface area contributed by atoms with E-state index in [0.717, 1.165) is 0 Å². The summed E-state index contributed by atoms with van der Waals surface area (Å²) in [6.07, 6.45) is -6.13. The maximum atomic E-state index is 12.6. The van der Waals surface area contributed by atoms with Crippen molar-refractivity contribution in [1.29, 1.82) is 0 Å². The third-order valence-electron chi connectivity index (χ3n) is 4.13. The van der Waals surface area contributed by atoms with E-state index >= 15 is 0 Å². The maximum absolute atomic E-state index is 12.6. The van der Waals surface area contributed by atoms with Gasteiger partial charge in [-0.2, -0.15) is 4.90 Å². The lowest BCUT2D eigenvalue weighted by atomic mass is 10.1. The SMILES string of the molecule is C[C@@H]1OC(=O)[C@@H](N(C(=O)O)C(=O)OC(C)(C)C)COC[C@H](Oc2ccccc2)[C@H]1O. The smallest absolute Gasteiger partial charge is 0.420 e. The van der Waals surface area contributed by atoms with E-state index in [4.69, 9.17) is 18.9 Å². The number of rotatable bonds is 3. The number of hydrogen-bond acceptors (Lipinski definition) is 8. The van der Waals surface area contributed by atoms with Crippen molar-refractivity contribution in [2.75, 3.05) is 13.2 Å². The van der Waals surface area contributed by atoms with Gasteiger partial charge in [-0.25, -0.2) is 14.4 Å². The van der Waals surface area contributed by atoms with Gasteiger partial charge in [0, 0.05) is 0 Å². The van der Waals surface area contributed by atoms with Crippen LogP contribution in [0, 0.1) is 0 Å². The standard InChI is InChI=1S/C20H27NO9/c1-12-16(22)15(29-13-8-6-5-7-9-13)11-27-10-14(17(23)28-12)21(18(24)25)19(26)30-20(2,3)4/h5-9,12,14-16,22H,10-11H2,1-4H3,(H,24,25)/t12-,14-,15-,16-/m0/s1. The predicted octanol–water partition coefficient (Wildman–Crippen LogP) is 2.04. The quantitative estimate of drug-likeness (QED) is 0.698. The number of cyclic esters (lactones) is 1. The molecule has 30 heavy (non-hydrogen) atoms. The van der Waals surface area contributed by atoms with Crippen LogP contribution in [0.15, 0.2) is 30.3 Å². The Bertz CT molecular complexity index is 746. The van der Waals surface area contributed by atoms with E-state index in [0.29, 0.717) is 5.75 Å². The fourth-order valence-electron chi connectivity index (χ4n) is 2.70. The molecule has 2 amide bonds. The summed E-state index contributed by atoms with van der Waals surface area (Å²) < 4.78 is 21.5. The third-order valence-corrected chi connectivity index (χ3v) is 4.13. The Morgan fingerprint density at radius 3 is 2.37 bits per heavy atom. The van der Waals surface area contributed by atoms with Crippen molar-refractivity contribution in [3.8, 4) is 5.75 Å². The molecule has 1 aliphatic heterocycles. The molecule has 0 bridgehead atoms. The normalized spacial score (nSPS) is 25.2. The number of aliphatic hydroxyl groups is 1. The lowest BCUT2D eigenvalue weighted by molar-refractivity contribution is -0.161. The van der Waals surface area contributed by atoms with Crippen molar-refractivity contribution in [2.45, 2.75) is 57.6 Å². The minimum atomic E-state index is -1.70. The number of aliphatic hydroxyl groups excluding tert-OH is 1. The molecular weight excluding hydrogens is 398 g/mol. The van der Waals surface area contributed by atoms with Gasteiger partial charge >= 0.3 is 18.2 Å². The Hall–Kier alpha value is -2.85. The first kappa shape index (κ1) is 23.4. The molecule has 166 valence electrons. The minimum absolute atomic E-state index is 0.171. The molecule has 0 unspecified atom stereocenters. The average molecular weight is 425 g/mol. The molecule has 1 saturated heterocycles. The monoisotopic (exact) mass is 425 g/mol. The van der Waals surface area contributed by atoms with Gasteiger partial charge in [-0.15, -0.1) is 0 Å². The molecule has 1 heterocycles. The summed E-state index contributed by atoms with van der Waals surface area (Å²) in [5.41, 5.74) is -0.980. The number of carbonyl (C=O) groups is 3. The van der Waals surface area contributed by atoms with Gasteiger partial charge in [0.1, 0.15) is 23.6 Å². The zero-order chi connectivity index (χ0) is 22.5. The number of para-hydroxylation sites is 1. The lowest BCUT2D eigenvalue weighted by Gasteiger charge is -2.29. The first-order chi connectivity index (χ1) is 14.0. The van der Waals surface area contributed by atoms with Crippen molar-refractivity contribution in [3.63, 3.8) is 0 Å². The van der Waals surface area contributed by atoms with Gasteiger partial charge in [0.15, 0.2) is 12.1 Å². The van der Waals surface area contributed by atoms with Crippen LogP contribution in [0.1, 0.15) is 27.7 Å². The molecule has 10 heteroatoms. The van der Waals surface area contributed by atoms with E-state index in [2.05, 4.69) is 0 Å². The Morgan fingerprint density at radius 2 is 1.80 bits per heavy atom. The molecule has 0 aromatic heterocycles. The summed E-state index contributed by atoms with van der Waals surface area (Å²) in [6.45, 7) is 5.46. The molecule has 1 aromatic rings. The maximum Gasteiger partial charge on any atom is 0.420 e. The van der Waals surface area contributed by atoms with Crippen LogP contribution in [0.3, 0.4) is 0 Å². The minimum Gasteiger partial charge on any atom is -0.485 e. The summed E-state index contributed by atoms with van der Waals surface area (Å²) >= 11 is 0. The summed E-state index contributed by atoms with van der Waals surface area (Å²) in [5, 5.41) is 20.0. The van der Waals surface area contributed by atoms with Crippen LogP contribution in [0.4, 0.5) is 9.59 Å². The number of benzene rings is 1. The Morgan fingerprint density at radius 1 is 1.17 bits per heavy atom. The molecule has 1 fully saturated rings. The Balaban J connectivity index is 2.21. The van der Waals surface area contributed by atoms with E-state index in [1.54, 1.807) is 51.1 Å². The third kappa shape index (κ3) is 6.33. The predicted molar refractivity (Wildman–Crippen MR) is 103 cm³/mol. The Kier molecular flexibility index (Phi) is 7.63. The molecule has 0 saturated carbocycles. The second-order valence-electron chi connectivity index (χ2n) is 7.79. The fraction of sp³-hybridized carbons (Fsp3) is 0.550. The highest BCUT2D eigenvalue weighted by molar-refractivity contribution is 5.93. The largest absolute Gasteiger partial charge is 0.485 e. The number of carbonyl (C=O) groups excluding carboxylic acids is 2. The van der Waals surface area contributed by atoms with Crippen molar-refractivity contribution >= 4 is 18.2 Å². The van der Waals surface area contributed by atoms with Gasteiger partial charge in [-0.1, -0.05) is 18.2 Å². The first-order valence-corrected chi connectivity index (χ1v) is 9.42. The molecule has 0 radical (unpaired) electrons. The van der Waals surface area contributed by atoms with E-state index in [1.807, 2.05) is 0 Å². The molecule has 0 aliphatic carbocycles. The lowest BCUT2D eigenvalue weighted by Crippen LogP contribution is -2.53. The Labute approximate surface area is 174 Å². The number of hydrogen-bond donors (Lipinski definition) is 2. The number of amides is 2. The van der Waals surface area contributed by atoms with Gasteiger partial charge in [0.25, 0.3) is 0 Å². The molecule has 1 aliphatic rings. The first-order valence-electron chi connectivity index (χ1n) is 9.42. The molecule has 2 rings (SSSR count). The summed E-state index contributed by atoms with van der Waals surface area (Å²) in [5.74, 6) is -0.574. The fourth-order valence-corrected chi connectivity index (χ4v) is 2.70. The van der Waals surface area contributed by atoms with Crippen molar-refractivity contribution in [1.82, 2.24) is 4.90 Å². The van der Waals surface area contributed by atoms with Crippen molar-refractivity contribution in [3.05, 3.63) is 30.3 Å². The summed E-state index contributed by atoms with van der Waals surface area (Å²) in [4.78, 5) is 36.9. The van der Waals surface area contributed by atoms with E-state index in [9.17, 15) is 24.6 Å². The van der Waals surface area contributed by atoms with Gasteiger partial charge in [-0.3, -0.25) is 0 Å². The van der Waals surface area contributed by atoms with Crippen LogP contribution in [-0.4, -0.2) is 76.4 Å². The molecular formula is C20H27NO9. The molecule has 0 spiro atoms. The van der Waals surface area contributed by atoms with E-state index in [1.165, 1.54) is 6.92 Å². The molecule has 1 aromatic carbocycles. The van der Waals surface area contributed by atoms with Crippen LogP contribution in [0.5, 0.6) is 5.75 Å². The van der Waals surface area contributed by atoms with E-state index in [-0.39, 0.29) is 11.5 Å². The van der Waals surface area contributed by atoms with Gasteiger partial charge in [-0.05, 0) is 39.8 Å². The topological polar surface area (TPSA) is 132 Å². The van der Waals surface area contributed by atoms with Crippen molar-refractivity contribution < 1.29 is 43.5 Å². The molecule has 4 atom stereocenters. The number of nitrogens with zero attached hydrogens (tertiary/aromatic N) is 1. The van der Waals surface area contributed by atoms with Crippen LogP contribution in [0.2, 0.25) is 0 Å². The van der Waals surface area contributed by atoms with Gasteiger partial charge in [0.05, 0.1) is 13.2 Å². The van der Waals surface area contributed by atoms with Gasteiger partial charge in [0.2, 0.25) is 0 Å². The van der Waals surface area contributed by atoms with Crippen LogP contribution < -0.4 is 4.74 Å². The number of ether oxygens (including phenoxy) is 4. The molecule has 2 N–H and O–H groups in total. The highest BCUT2D eigenvalue weighted by Crippen LogP contribution is 2.20. The second kappa shape index (κ2) is 9.77. The summed E-state index contributed by atoms with van der Waals surface area (Å²) in [6, 6.07) is 7.07. The highest BCUT2D eigenvalue weighted by Gasteiger charge is 2.42. The van der Waals surface area contributed by atoms with Crippen LogP contribution in [0.25, 0.3) is 0 Å². The molecule has 10 nitrogen and oxygen atoms in total. The zero-order valence-corrected chi connectivity index (χ0v) is 17.3. The van der Waals surface area contributed by atoms with Crippen LogP contribution in [-0.2, 0) is 19.0 Å². The van der Waals surface area contributed by atoms with E-state index < -0.39 is 54.7 Å². The average Bonchev–Trinajstić information content (AvgIpc) is 2.68. The number of imide groups is 1. The number of carboxylic acid groups (broad SMARTS) is 1. The summed E-state index contributed by atoms with van der Waals surface area (Å²) in [7, 11) is 0. The second-order valence-corrected chi connectivity index (χ2v) is 7.79. The van der Waals surface area contributed by atoms with Crippen molar-refractivity contribution in [2.24, 2.45) is 0 Å². The van der Waals surface area contributed by atoms with Gasteiger partial charge < -0.3 is 29.2 Å². The van der Waals surface area contributed by atoms with Crippen LogP contribution >= 0.6 is 0 Å². The zero-order valence-electron chi connectivity index (χ0n) is 17.3. The number of esters is 1. The highest BCUT2D eigenvalue weighted by atomic mass is 16.6.